The molecule has 0 aromatic heterocycles. The number of hydrogen-bond acceptors (Lipinski definition) is 4. The molecule has 1 heterocycles. The molecule has 1 aliphatic heterocycles. The van der Waals surface area contributed by atoms with Gasteiger partial charge < -0.3 is 20.5 Å². The van der Waals surface area contributed by atoms with Crippen LogP contribution in [-0.4, -0.2) is 50.0 Å². The topological polar surface area (TPSA) is 70.6 Å². The van der Waals surface area contributed by atoms with Crippen molar-refractivity contribution in [3.8, 4) is 0 Å². The first-order valence-electron chi connectivity index (χ1n) is 7.37. The molecule has 0 bridgehead atoms. The molecule has 3 N–H and O–H groups in total. The minimum atomic E-state index is -0.419. The SMILES string of the molecule is COCC1(C(=O)NC2CCCCC2O)CCNCC1. The van der Waals surface area contributed by atoms with Crippen LogP contribution in [0.25, 0.3) is 0 Å². The van der Waals surface area contributed by atoms with Gasteiger partial charge in [0, 0.05) is 7.11 Å². The highest BCUT2D eigenvalue weighted by atomic mass is 16.5. The van der Waals surface area contributed by atoms with E-state index >= 15 is 0 Å². The van der Waals surface area contributed by atoms with E-state index in [2.05, 4.69) is 10.6 Å². The van der Waals surface area contributed by atoms with Gasteiger partial charge in [0.2, 0.25) is 5.91 Å². The lowest BCUT2D eigenvalue weighted by molar-refractivity contribution is -0.138. The molecule has 110 valence electrons. The van der Waals surface area contributed by atoms with Gasteiger partial charge in [0.1, 0.15) is 0 Å². The number of aliphatic hydroxyl groups excluding tert-OH is 1. The lowest BCUT2D eigenvalue weighted by Gasteiger charge is -2.38. The molecule has 19 heavy (non-hydrogen) atoms. The Hall–Kier alpha value is -0.650. The third kappa shape index (κ3) is 3.46. The lowest BCUT2D eigenvalue weighted by atomic mass is 9.78. The first-order chi connectivity index (χ1) is 9.18. The molecule has 2 rings (SSSR count). The number of hydrogen-bond donors (Lipinski definition) is 3. The van der Waals surface area contributed by atoms with Crippen molar-refractivity contribution in [2.24, 2.45) is 5.41 Å². The number of rotatable bonds is 4. The second-order valence-corrected chi connectivity index (χ2v) is 5.90. The summed E-state index contributed by atoms with van der Waals surface area (Å²) in [6.45, 7) is 2.16. The number of nitrogens with one attached hydrogen (secondary N) is 2. The molecule has 1 amide bonds. The second kappa shape index (κ2) is 6.68. The zero-order chi connectivity index (χ0) is 13.7. The van der Waals surface area contributed by atoms with Crippen molar-refractivity contribution >= 4 is 5.91 Å². The summed E-state index contributed by atoms with van der Waals surface area (Å²) in [4.78, 5) is 12.6. The van der Waals surface area contributed by atoms with Crippen molar-refractivity contribution in [3.05, 3.63) is 0 Å². The minimum absolute atomic E-state index is 0.0572. The summed E-state index contributed by atoms with van der Waals surface area (Å²) in [7, 11) is 1.65. The Morgan fingerprint density at radius 2 is 2.05 bits per heavy atom. The fraction of sp³-hybridized carbons (Fsp3) is 0.929. The van der Waals surface area contributed by atoms with E-state index in [1.54, 1.807) is 7.11 Å². The number of ether oxygens (including phenoxy) is 1. The van der Waals surface area contributed by atoms with Crippen LogP contribution in [0.2, 0.25) is 0 Å². The summed E-state index contributed by atoms with van der Waals surface area (Å²) < 4.78 is 5.27. The van der Waals surface area contributed by atoms with Gasteiger partial charge in [-0.2, -0.15) is 0 Å². The van der Waals surface area contributed by atoms with Gasteiger partial charge in [-0.3, -0.25) is 4.79 Å². The van der Waals surface area contributed by atoms with Crippen LogP contribution in [0.5, 0.6) is 0 Å². The number of carbonyl (C=O) groups is 1. The van der Waals surface area contributed by atoms with Crippen LogP contribution in [0.4, 0.5) is 0 Å². The fourth-order valence-corrected chi connectivity index (χ4v) is 3.22. The number of methoxy groups -OCH3 is 1. The Kier molecular flexibility index (Phi) is 5.19. The third-order valence-corrected chi connectivity index (χ3v) is 4.51. The molecule has 2 fully saturated rings. The molecule has 5 nitrogen and oxygen atoms in total. The number of carbonyl (C=O) groups excluding carboxylic acids is 1. The second-order valence-electron chi connectivity index (χ2n) is 5.90. The highest BCUT2D eigenvalue weighted by Gasteiger charge is 2.41. The van der Waals surface area contributed by atoms with E-state index in [-0.39, 0.29) is 18.1 Å². The van der Waals surface area contributed by atoms with Gasteiger partial charge in [-0.15, -0.1) is 0 Å². The fourth-order valence-electron chi connectivity index (χ4n) is 3.22. The van der Waals surface area contributed by atoms with Crippen molar-refractivity contribution < 1.29 is 14.6 Å². The van der Waals surface area contributed by atoms with Gasteiger partial charge in [0.05, 0.1) is 24.2 Å². The van der Waals surface area contributed by atoms with Crippen molar-refractivity contribution in [1.29, 1.82) is 0 Å². The predicted molar refractivity (Wildman–Crippen MR) is 72.8 cm³/mol. The van der Waals surface area contributed by atoms with Crippen LogP contribution >= 0.6 is 0 Å². The van der Waals surface area contributed by atoms with Gasteiger partial charge in [-0.1, -0.05) is 12.8 Å². The molecule has 5 heteroatoms. The summed E-state index contributed by atoms with van der Waals surface area (Å²) in [6, 6.07) is -0.0788. The van der Waals surface area contributed by atoms with Crippen molar-refractivity contribution in [2.75, 3.05) is 26.8 Å². The zero-order valence-electron chi connectivity index (χ0n) is 11.8. The quantitative estimate of drug-likeness (QED) is 0.692. The van der Waals surface area contributed by atoms with Gasteiger partial charge in [0.15, 0.2) is 0 Å². The average Bonchev–Trinajstić information content (AvgIpc) is 2.42. The number of amides is 1. The molecule has 2 atom stereocenters. The van der Waals surface area contributed by atoms with Crippen molar-refractivity contribution in [1.82, 2.24) is 10.6 Å². The van der Waals surface area contributed by atoms with E-state index in [1.165, 1.54) is 0 Å². The monoisotopic (exact) mass is 270 g/mol. The van der Waals surface area contributed by atoms with Crippen molar-refractivity contribution in [3.63, 3.8) is 0 Å². The maximum absolute atomic E-state index is 12.6. The molecule has 1 saturated heterocycles. The van der Waals surface area contributed by atoms with E-state index in [4.69, 9.17) is 4.74 Å². The van der Waals surface area contributed by atoms with Crippen LogP contribution in [-0.2, 0) is 9.53 Å². The van der Waals surface area contributed by atoms with Crippen LogP contribution < -0.4 is 10.6 Å². The Morgan fingerprint density at radius 3 is 2.68 bits per heavy atom. The Bertz CT molecular complexity index is 298. The number of piperidine rings is 1. The maximum atomic E-state index is 12.6. The Labute approximate surface area is 115 Å². The first-order valence-corrected chi connectivity index (χ1v) is 7.37. The minimum Gasteiger partial charge on any atom is -0.391 e. The summed E-state index contributed by atoms with van der Waals surface area (Å²) >= 11 is 0. The Balaban J connectivity index is 1.98. The lowest BCUT2D eigenvalue weighted by Crippen LogP contribution is -2.55. The molecular weight excluding hydrogens is 244 g/mol. The van der Waals surface area contributed by atoms with E-state index in [0.717, 1.165) is 51.6 Å². The largest absolute Gasteiger partial charge is 0.391 e. The molecule has 0 radical (unpaired) electrons. The average molecular weight is 270 g/mol. The molecule has 0 spiro atoms. The summed E-state index contributed by atoms with van der Waals surface area (Å²) in [5.74, 6) is 0.0572. The van der Waals surface area contributed by atoms with Gasteiger partial charge in [-0.05, 0) is 38.8 Å². The van der Waals surface area contributed by atoms with E-state index in [0.29, 0.717) is 6.61 Å². The van der Waals surface area contributed by atoms with E-state index in [9.17, 15) is 9.90 Å². The van der Waals surface area contributed by atoms with Gasteiger partial charge in [0.25, 0.3) is 0 Å². The maximum Gasteiger partial charge on any atom is 0.228 e. The predicted octanol–water partition coefficient (Wildman–Crippen LogP) is 0.422. The smallest absolute Gasteiger partial charge is 0.228 e. The van der Waals surface area contributed by atoms with Gasteiger partial charge in [-0.25, -0.2) is 0 Å². The first kappa shape index (κ1) is 14.8. The summed E-state index contributed by atoms with van der Waals surface area (Å²) in [5, 5.41) is 16.3. The molecule has 2 aliphatic rings. The number of aliphatic hydroxyl groups is 1. The standard InChI is InChI=1S/C14H26N2O3/c1-19-10-14(6-8-15-9-7-14)13(18)16-11-4-2-3-5-12(11)17/h11-12,15,17H,2-10H2,1H3,(H,16,18). The molecule has 1 saturated carbocycles. The van der Waals surface area contributed by atoms with Crippen LogP contribution in [0.1, 0.15) is 38.5 Å². The summed E-state index contributed by atoms with van der Waals surface area (Å²) in [5.41, 5.74) is -0.419. The molecule has 1 aliphatic carbocycles. The van der Waals surface area contributed by atoms with Crippen molar-refractivity contribution in [2.45, 2.75) is 50.7 Å². The Morgan fingerprint density at radius 1 is 1.37 bits per heavy atom. The van der Waals surface area contributed by atoms with E-state index in [1.807, 2.05) is 0 Å². The highest BCUT2D eigenvalue weighted by molar-refractivity contribution is 5.83. The summed E-state index contributed by atoms with van der Waals surface area (Å²) in [6.07, 6.45) is 5.03. The normalized spacial score (nSPS) is 30.8. The third-order valence-electron chi connectivity index (χ3n) is 4.51. The van der Waals surface area contributed by atoms with Gasteiger partial charge >= 0.3 is 0 Å². The zero-order valence-corrected chi connectivity index (χ0v) is 11.8. The van der Waals surface area contributed by atoms with Crippen LogP contribution in [0, 0.1) is 5.41 Å². The molecule has 0 aromatic carbocycles. The molecule has 0 aromatic rings. The van der Waals surface area contributed by atoms with E-state index < -0.39 is 5.41 Å². The van der Waals surface area contributed by atoms with Crippen LogP contribution in [0.3, 0.4) is 0 Å². The van der Waals surface area contributed by atoms with Crippen LogP contribution in [0.15, 0.2) is 0 Å². The molecule has 2 unspecified atom stereocenters. The molecular formula is C14H26N2O3. The highest BCUT2D eigenvalue weighted by Crippen LogP contribution is 2.30.